The summed E-state index contributed by atoms with van der Waals surface area (Å²) in [7, 11) is 0. The molecule has 4 amide bonds. The fraction of sp³-hybridized carbons (Fsp3) is 0.750. The normalized spacial score (nSPS) is 25.3. The van der Waals surface area contributed by atoms with Crippen molar-refractivity contribution in [2.45, 2.75) is 117 Å². The van der Waals surface area contributed by atoms with E-state index in [2.05, 4.69) is 65.9 Å². The lowest BCUT2D eigenvalue weighted by Gasteiger charge is -2.41. The fourth-order valence-electron chi connectivity index (χ4n) is 8.28. The molecule has 49 heavy (non-hydrogen) atoms. The van der Waals surface area contributed by atoms with E-state index in [-0.39, 0.29) is 64.1 Å². The topological polar surface area (TPSA) is 189 Å². The molecule has 3 aliphatic carbocycles. The first-order valence-electron chi connectivity index (χ1n) is 18.2. The second kappa shape index (κ2) is 15.2. The van der Waals surface area contributed by atoms with Crippen LogP contribution in [0.15, 0.2) is 18.6 Å². The molecular weight excluding hydrogens is 624 g/mol. The molecule has 4 fully saturated rings. The van der Waals surface area contributed by atoms with Gasteiger partial charge in [-0.1, -0.05) is 73.1 Å². The summed E-state index contributed by atoms with van der Waals surface area (Å²) in [5, 5.41) is 13.0. The van der Waals surface area contributed by atoms with Crippen molar-refractivity contribution in [2.24, 2.45) is 40.2 Å². The third kappa shape index (κ3) is 8.48. The van der Waals surface area contributed by atoms with Gasteiger partial charge in [0.15, 0.2) is 0 Å². The molecule has 4 aliphatic rings. The first kappa shape index (κ1) is 36.8. The predicted molar refractivity (Wildman–Crippen MR) is 183 cm³/mol. The van der Waals surface area contributed by atoms with Crippen molar-refractivity contribution < 1.29 is 24.0 Å². The third-order valence-electron chi connectivity index (χ3n) is 11.6. The van der Waals surface area contributed by atoms with Gasteiger partial charge in [0.05, 0.1) is 24.4 Å². The average Bonchev–Trinajstić information content (AvgIpc) is 3.35. The lowest BCUT2D eigenvalue weighted by atomic mass is 9.80. The van der Waals surface area contributed by atoms with Crippen LogP contribution in [0.5, 0.6) is 0 Å². The zero-order chi connectivity index (χ0) is 35.5. The lowest BCUT2D eigenvalue weighted by Crippen LogP contribution is -2.63. The Kier molecular flexibility index (Phi) is 11.4. The monoisotopic (exact) mass is 680 g/mol. The van der Waals surface area contributed by atoms with E-state index in [9.17, 15) is 24.0 Å². The van der Waals surface area contributed by atoms with Gasteiger partial charge in [-0.15, -0.1) is 0 Å². The average molecular weight is 681 g/mol. The van der Waals surface area contributed by atoms with Crippen LogP contribution in [0, 0.1) is 34.5 Å². The third-order valence-corrected chi connectivity index (χ3v) is 11.6. The standard InChI is InChI=1S/C36H56N8O5/c1-35(2,3)34(41-17-16-40-31(47)25-19-38-14-15-39-25)43-27(22-12-7-6-8-13-22)33(49)44-20-23-26(36(23,4)5)28(44)32(48)42-24(29(45)30(37)46)18-21-10-9-11-21/h14-15,19,21-24,26-28,34,41,43H,6-13,16-18,20H2,1-5H3,(H2,37,46)(H,40,47)(H,42,48)/t23-,24?,26-,27-,28-,34-/m0/s1. The molecule has 1 saturated heterocycles. The number of amides is 4. The molecule has 13 nitrogen and oxygen atoms in total. The second-order valence-corrected chi connectivity index (χ2v) is 16.4. The number of aromatic nitrogens is 2. The van der Waals surface area contributed by atoms with E-state index in [1.165, 1.54) is 18.6 Å². The molecule has 1 aromatic heterocycles. The van der Waals surface area contributed by atoms with Gasteiger partial charge in [-0.05, 0) is 53.8 Å². The number of nitrogens with two attached hydrogens (primary N) is 1. The number of ketones is 1. The smallest absolute Gasteiger partial charge is 0.287 e. The van der Waals surface area contributed by atoms with Crippen molar-refractivity contribution in [1.29, 1.82) is 0 Å². The highest BCUT2D eigenvalue weighted by atomic mass is 16.2. The highest BCUT2D eigenvalue weighted by molar-refractivity contribution is 6.37. The van der Waals surface area contributed by atoms with Crippen molar-refractivity contribution in [3.05, 3.63) is 24.3 Å². The summed E-state index contributed by atoms with van der Waals surface area (Å²) in [4.78, 5) is 75.9. The van der Waals surface area contributed by atoms with Gasteiger partial charge in [-0.2, -0.15) is 0 Å². The summed E-state index contributed by atoms with van der Waals surface area (Å²) in [6, 6.07) is -2.24. The van der Waals surface area contributed by atoms with Crippen molar-refractivity contribution in [2.75, 3.05) is 19.6 Å². The quantitative estimate of drug-likeness (QED) is 0.105. The minimum atomic E-state index is -1.05. The number of nitrogens with zero attached hydrogens (tertiary/aromatic N) is 3. The Morgan fingerprint density at radius 3 is 2.31 bits per heavy atom. The maximum Gasteiger partial charge on any atom is 0.287 e. The van der Waals surface area contributed by atoms with Crippen molar-refractivity contribution in [3.8, 4) is 0 Å². The first-order valence-corrected chi connectivity index (χ1v) is 18.2. The Labute approximate surface area is 290 Å². The van der Waals surface area contributed by atoms with Gasteiger partial charge >= 0.3 is 0 Å². The Balaban J connectivity index is 1.32. The molecule has 270 valence electrons. The number of fused-ring (bicyclic) bond motifs is 1. The van der Waals surface area contributed by atoms with Crippen LogP contribution in [0.2, 0.25) is 0 Å². The van der Waals surface area contributed by atoms with Crippen molar-refractivity contribution >= 4 is 29.4 Å². The summed E-state index contributed by atoms with van der Waals surface area (Å²) in [5.74, 6) is -2.12. The summed E-state index contributed by atoms with van der Waals surface area (Å²) in [5.41, 5.74) is 5.23. The lowest BCUT2D eigenvalue weighted by molar-refractivity contribution is -0.145. The molecule has 0 aromatic carbocycles. The maximum atomic E-state index is 14.8. The van der Waals surface area contributed by atoms with E-state index in [0.717, 1.165) is 51.4 Å². The van der Waals surface area contributed by atoms with Crippen molar-refractivity contribution in [1.82, 2.24) is 36.1 Å². The van der Waals surface area contributed by atoms with Crippen LogP contribution in [0.25, 0.3) is 0 Å². The number of carbonyl (C=O) groups is 5. The number of carbonyl (C=O) groups excluding carboxylic acids is 5. The number of likely N-dealkylation sites (tertiary alicyclic amines) is 1. The van der Waals surface area contributed by atoms with E-state index in [1.54, 1.807) is 4.90 Å². The Morgan fingerprint density at radius 1 is 1.00 bits per heavy atom. The number of Topliss-reactive ketones (excluding diaryl/α,β-unsaturated/α-hetero) is 1. The molecule has 0 spiro atoms. The Morgan fingerprint density at radius 2 is 1.71 bits per heavy atom. The van der Waals surface area contributed by atoms with Gasteiger partial charge < -0.3 is 21.3 Å². The summed E-state index contributed by atoms with van der Waals surface area (Å²) >= 11 is 0. The Bertz CT molecular complexity index is 1370. The van der Waals surface area contributed by atoms with Gasteiger partial charge in [0.2, 0.25) is 17.6 Å². The number of nitrogens with one attached hydrogen (secondary N) is 4. The molecule has 1 unspecified atom stereocenters. The SMILES string of the molecule is CC(C)(C)[C@@H](NCCNC(=O)c1cnccn1)N[C@H](C(=O)N1C[C@H]2[C@@H]([C@H]1C(=O)NC(CC1CCC1)C(=O)C(N)=O)C2(C)C)C1CCCCC1. The molecule has 6 atom stereocenters. The predicted octanol–water partition coefficient (Wildman–Crippen LogP) is 1.92. The highest BCUT2D eigenvalue weighted by Gasteiger charge is 2.69. The van der Waals surface area contributed by atoms with E-state index < -0.39 is 29.8 Å². The molecule has 5 rings (SSSR count). The van der Waals surface area contributed by atoms with E-state index >= 15 is 0 Å². The summed E-state index contributed by atoms with van der Waals surface area (Å²) < 4.78 is 0. The van der Waals surface area contributed by atoms with Crippen LogP contribution in [0.4, 0.5) is 0 Å². The van der Waals surface area contributed by atoms with Gasteiger partial charge in [0, 0.05) is 32.0 Å². The van der Waals surface area contributed by atoms with Crippen LogP contribution in [0.1, 0.15) is 103 Å². The minimum Gasteiger partial charge on any atom is -0.363 e. The molecule has 0 bridgehead atoms. The number of piperidine rings is 1. The van der Waals surface area contributed by atoms with Gasteiger partial charge in [0.1, 0.15) is 11.7 Å². The van der Waals surface area contributed by atoms with E-state index in [0.29, 0.717) is 26.1 Å². The van der Waals surface area contributed by atoms with Crippen LogP contribution < -0.4 is 27.0 Å². The van der Waals surface area contributed by atoms with E-state index in [4.69, 9.17) is 5.73 Å². The summed E-state index contributed by atoms with van der Waals surface area (Å²) in [6.07, 6.45) is 12.5. The molecule has 6 N–H and O–H groups in total. The van der Waals surface area contributed by atoms with Crippen LogP contribution in [0.3, 0.4) is 0 Å². The number of hydrogen-bond donors (Lipinski definition) is 5. The minimum absolute atomic E-state index is 0.0362. The van der Waals surface area contributed by atoms with Gasteiger partial charge in [-0.25, -0.2) is 4.98 Å². The zero-order valence-corrected chi connectivity index (χ0v) is 29.8. The van der Waals surface area contributed by atoms with Crippen LogP contribution >= 0.6 is 0 Å². The molecule has 13 heteroatoms. The van der Waals surface area contributed by atoms with Crippen molar-refractivity contribution in [3.63, 3.8) is 0 Å². The second-order valence-electron chi connectivity index (χ2n) is 16.4. The molecule has 3 saturated carbocycles. The molecule has 1 aliphatic heterocycles. The molecule has 0 radical (unpaired) electrons. The largest absolute Gasteiger partial charge is 0.363 e. The van der Waals surface area contributed by atoms with Gasteiger partial charge in [-0.3, -0.25) is 39.6 Å². The number of primary amides is 1. The zero-order valence-electron chi connectivity index (χ0n) is 29.8. The van der Waals surface area contributed by atoms with E-state index in [1.807, 2.05) is 0 Å². The Hall–Kier alpha value is -3.45. The molecule has 2 heterocycles. The van der Waals surface area contributed by atoms with Crippen LogP contribution in [-0.2, 0) is 19.2 Å². The molecular formula is C36H56N8O5. The fourth-order valence-corrected chi connectivity index (χ4v) is 8.28. The highest BCUT2D eigenvalue weighted by Crippen LogP contribution is 2.65. The molecule has 1 aromatic rings. The van der Waals surface area contributed by atoms with Gasteiger partial charge in [0.25, 0.3) is 11.8 Å². The van der Waals surface area contributed by atoms with Crippen LogP contribution in [-0.4, -0.2) is 88.2 Å². The summed E-state index contributed by atoms with van der Waals surface area (Å²) in [6.45, 7) is 11.8. The number of hydrogen-bond acceptors (Lipinski definition) is 9. The maximum absolute atomic E-state index is 14.8. The number of rotatable bonds is 15. The first-order chi connectivity index (χ1) is 23.2.